The fraction of sp³-hybridized carbons (Fsp3) is 0.290. The summed E-state index contributed by atoms with van der Waals surface area (Å²) in [6.07, 6.45) is 3.62. The van der Waals surface area contributed by atoms with Crippen LogP contribution in [0.15, 0.2) is 54.9 Å². The lowest BCUT2D eigenvalue weighted by molar-refractivity contribution is 0.152. The number of hydrogen-bond donors (Lipinski definition) is 1. The number of rotatable bonds is 7. The molecule has 2 aromatic heterocycles. The molecule has 0 aliphatic carbocycles. The Kier molecular flexibility index (Phi) is 8.91. The van der Waals surface area contributed by atoms with Crippen LogP contribution in [0.25, 0.3) is 10.9 Å². The van der Waals surface area contributed by atoms with Gasteiger partial charge in [0.15, 0.2) is 11.5 Å². The molecule has 0 unspecified atom stereocenters. The number of amides is 1. The van der Waals surface area contributed by atoms with Gasteiger partial charge in [-0.1, -0.05) is 17.7 Å². The highest BCUT2D eigenvalue weighted by atomic mass is 35.5. The molecule has 0 atom stereocenters. The first-order valence-electron chi connectivity index (χ1n) is 13.5. The third kappa shape index (κ3) is 6.48. The molecule has 0 spiro atoms. The Labute approximate surface area is 249 Å². The van der Waals surface area contributed by atoms with Crippen LogP contribution in [0.1, 0.15) is 23.2 Å². The molecule has 4 aromatic rings. The Hall–Kier alpha value is -4.59. The van der Waals surface area contributed by atoms with Crippen molar-refractivity contribution in [3.05, 3.63) is 76.7 Å². The Morgan fingerprint density at radius 1 is 1.12 bits per heavy atom. The molecule has 2 aromatic carbocycles. The van der Waals surface area contributed by atoms with E-state index in [9.17, 15) is 10.1 Å². The lowest BCUT2D eigenvalue weighted by Crippen LogP contribution is -2.36. The number of fused-ring (bicyclic) bond motifs is 1. The largest absolute Gasteiger partial charge is 0.493 e. The molecule has 5 rings (SSSR count). The van der Waals surface area contributed by atoms with Gasteiger partial charge in [0.2, 0.25) is 0 Å². The number of nitriles is 1. The van der Waals surface area contributed by atoms with Gasteiger partial charge >= 0.3 is 6.09 Å². The topological polar surface area (TPSA) is 113 Å². The number of methoxy groups -OCH3 is 1. The van der Waals surface area contributed by atoms with Crippen molar-refractivity contribution in [2.45, 2.75) is 20.0 Å². The molecule has 1 aliphatic heterocycles. The van der Waals surface area contributed by atoms with E-state index >= 15 is 0 Å². The zero-order chi connectivity index (χ0) is 29.6. The second-order valence-electron chi connectivity index (χ2n) is 10.0. The van der Waals surface area contributed by atoms with Crippen LogP contribution in [0.2, 0.25) is 5.02 Å². The van der Waals surface area contributed by atoms with Crippen molar-refractivity contribution in [2.24, 2.45) is 0 Å². The molecule has 1 N–H and O–H groups in total. The summed E-state index contributed by atoms with van der Waals surface area (Å²) in [4.78, 5) is 25.7. The summed E-state index contributed by atoms with van der Waals surface area (Å²) < 4.78 is 17.3. The monoisotopic (exact) mass is 586 g/mol. The molecule has 0 bridgehead atoms. The number of likely N-dealkylation sites (N-methyl/N-ethyl adjacent to an activating group) is 1. The highest BCUT2D eigenvalue weighted by molar-refractivity contribution is 6.33. The minimum Gasteiger partial charge on any atom is -0.493 e. The lowest BCUT2D eigenvalue weighted by Gasteiger charge is -2.21. The molecule has 216 valence electrons. The summed E-state index contributed by atoms with van der Waals surface area (Å²) in [6.45, 7) is 5.19. The van der Waals surface area contributed by atoms with E-state index in [1.807, 2.05) is 26.1 Å². The summed E-state index contributed by atoms with van der Waals surface area (Å²) in [7, 11) is 3.53. The number of benzene rings is 2. The molecule has 3 heterocycles. The van der Waals surface area contributed by atoms with E-state index < -0.39 is 6.09 Å². The number of pyridine rings is 2. The van der Waals surface area contributed by atoms with Crippen molar-refractivity contribution >= 4 is 40.0 Å². The van der Waals surface area contributed by atoms with Gasteiger partial charge in [-0.3, -0.25) is 9.97 Å². The van der Waals surface area contributed by atoms with E-state index in [1.54, 1.807) is 41.4 Å². The standard InChI is InChI=1S/C31H31ClN6O4/c1-20-6-4-9-34-27(20)19-41-22-7-8-25(24(32)14-22)36-30-21(17-33)18-35-26-16-29(28(40-3)15-23(26)30)42-31(39)38-11-5-10-37(2)12-13-38/h4,6-9,14-16,18H,5,10-13,19H2,1-3H3,(H,35,36). The minimum absolute atomic E-state index is 0.249. The molecular formula is C31H31ClN6O4. The third-order valence-corrected chi connectivity index (χ3v) is 7.46. The van der Waals surface area contributed by atoms with E-state index in [2.05, 4.69) is 26.3 Å². The van der Waals surface area contributed by atoms with Crippen LogP contribution in [0.4, 0.5) is 16.2 Å². The molecule has 0 saturated carbocycles. The maximum absolute atomic E-state index is 13.0. The van der Waals surface area contributed by atoms with Crippen LogP contribution >= 0.6 is 11.6 Å². The van der Waals surface area contributed by atoms with E-state index in [0.29, 0.717) is 64.1 Å². The maximum Gasteiger partial charge on any atom is 0.415 e. The van der Waals surface area contributed by atoms with Crippen molar-refractivity contribution < 1.29 is 19.0 Å². The fourth-order valence-electron chi connectivity index (χ4n) is 4.69. The molecule has 0 radical (unpaired) electrons. The number of ether oxygens (including phenoxy) is 3. The molecule has 10 nitrogen and oxygen atoms in total. The van der Waals surface area contributed by atoms with E-state index in [0.717, 1.165) is 30.8 Å². The van der Waals surface area contributed by atoms with Gasteiger partial charge in [-0.15, -0.1) is 0 Å². The van der Waals surface area contributed by atoms with E-state index in [1.165, 1.54) is 13.3 Å². The van der Waals surface area contributed by atoms with Gasteiger partial charge in [-0.25, -0.2) is 4.79 Å². The first-order chi connectivity index (χ1) is 20.4. The highest BCUT2D eigenvalue weighted by Gasteiger charge is 2.22. The Morgan fingerprint density at radius 2 is 1.98 bits per heavy atom. The average molecular weight is 587 g/mol. The van der Waals surface area contributed by atoms with Gasteiger partial charge in [0.05, 0.1) is 40.3 Å². The number of aromatic nitrogens is 2. The lowest BCUT2D eigenvalue weighted by atomic mass is 10.1. The summed E-state index contributed by atoms with van der Waals surface area (Å²) in [6, 6.07) is 14.7. The first kappa shape index (κ1) is 28.9. The Bertz CT molecular complexity index is 1660. The number of halogens is 1. The maximum atomic E-state index is 13.0. The molecule has 1 fully saturated rings. The number of nitrogens with zero attached hydrogens (tertiary/aromatic N) is 5. The van der Waals surface area contributed by atoms with Crippen LogP contribution in [0.5, 0.6) is 17.2 Å². The molecule has 11 heteroatoms. The zero-order valence-corrected chi connectivity index (χ0v) is 24.4. The third-order valence-electron chi connectivity index (χ3n) is 7.14. The van der Waals surface area contributed by atoms with Crippen molar-refractivity contribution in [1.82, 2.24) is 19.8 Å². The van der Waals surface area contributed by atoms with Gasteiger partial charge < -0.3 is 29.3 Å². The second-order valence-corrected chi connectivity index (χ2v) is 10.4. The summed E-state index contributed by atoms with van der Waals surface area (Å²) in [5, 5.41) is 14.1. The van der Waals surface area contributed by atoms with Crippen LogP contribution in [-0.2, 0) is 6.61 Å². The predicted molar refractivity (Wildman–Crippen MR) is 161 cm³/mol. The van der Waals surface area contributed by atoms with Crippen LogP contribution in [0.3, 0.4) is 0 Å². The normalized spacial score (nSPS) is 13.7. The van der Waals surface area contributed by atoms with Crippen molar-refractivity contribution in [1.29, 1.82) is 5.26 Å². The number of carbonyl (C=O) groups is 1. The smallest absolute Gasteiger partial charge is 0.415 e. The van der Waals surface area contributed by atoms with Crippen molar-refractivity contribution in [3.63, 3.8) is 0 Å². The average Bonchev–Trinajstić information content (AvgIpc) is 3.22. The van der Waals surface area contributed by atoms with Gasteiger partial charge in [0.25, 0.3) is 0 Å². The van der Waals surface area contributed by atoms with Crippen molar-refractivity contribution in [3.8, 4) is 23.3 Å². The SMILES string of the molecule is COc1cc2c(Nc3ccc(OCc4ncccc4C)cc3Cl)c(C#N)cnc2cc1OC(=O)N1CCCN(C)CC1. The molecule has 1 saturated heterocycles. The van der Waals surface area contributed by atoms with Crippen LogP contribution < -0.4 is 19.5 Å². The fourth-order valence-corrected chi connectivity index (χ4v) is 4.91. The zero-order valence-electron chi connectivity index (χ0n) is 23.7. The van der Waals surface area contributed by atoms with Crippen molar-refractivity contribution in [2.75, 3.05) is 45.7 Å². The first-order valence-corrected chi connectivity index (χ1v) is 13.9. The van der Waals surface area contributed by atoms with E-state index in [4.69, 9.17) is 25.8 Å². The van der Waals surface area contributed by atoms with Gasteiger partial charge in [0, 0.05) is 49.5 Å². The van der Waals surface area contributed by atoms with Gasteiger partial charge in [-0.2, -0.15) is 5.26 Å². The highest BCUT2D eigenvalue weighted by Crippen LogP contribution is 2.39. The van der Waals surface area contributed by atoms with Gasteiger partial charge in [-0.05, 0) is 56.8 Å². The number of anilines is 2. The summed E-state index contributed by atoms with van der Waals surface area (Å²) >= 11 is 6.63. The number of aryl methyl sites for hydroxylation is 1. The molecule has 42 heavy (non-hydrogen) atoms. The number of hydrogen-bond acceptors (Lipinski definition) is 9. The van der Waals surface area contributed by atoms with Crippen LogP contribution in [-0.4, -0.2) is 66.2 Å². The van der Waals surface area contributed by atoms with E-state index in [-0.39, 0.29) is 5.75 Å². The quantitative estimate of drug-likeness (QED) is 0.281. The number of carbonyl (C=O) groups excluding carboxylic acids is 1. The number of nitrogens with one attached hydrogen (secondary N) is 1. The molecular weight excluding hydrogens is 556 g/mol. The Balaban J connectivity index is 1.39. The molecule has 1 aliphatic rings. The summed E-state index contributed by atoms with van der Waals surface area (Å²) in [5.41, 5.74) is 3.77. The van der Waals surface area contributed by atoms with Crippen LogP contribution in [0, 0.1) is 18.3 Å². The minimum atomic E-state index is -0.442. The Morgan fingerprint density at radius 3 is 2.74 bits per heavy atom. The predicted octanol–water partition coefficient (Wildman–Crippen LogP) is 5.93. The molecule has 1 amide bonds. The van der Waals surface area contributed by atoms with Gasteiger partial charge in [0.1, 0.15) is 18.4 Å². The second kappa shape index (κ2) is 12.9. The summed E-state index contributed by atoms with van der Waals surface area (Å²) in [5.74, 6) is 1.17.